The molecule has 5 nitrogen and oxygen atoms in total. The average molecular weight is 288 g/mol. The van der Waals surface area contributed by atoms with Crippen LogP contribution in [-0.4, -0.2) is 26.7 Å². The van der Waals surface area contributed by atoms with E-state index < -0.39 is 17.5 Å². The number of aryl methyl sites for hydroxylation is 1. The Balaban J connectivity index is 2.02. The largest absolute Gasteiger partial charge is 0.423 e. The highest BCUT2D eigenvalue weighted by atomic mass is 16.5. The second kappa shape index (κ2) is 6.10. The van der Waals surface area contributed by atoms with Gasteiger partial charge in [-0.05, 0) is 31.2 Å². The SMILES string of the molecule is Cc1ccc(OC(=O)C(O)C(C)(C)Cn2cccc2)cn1. The molecule has 1 unspecified atom stereocenters. The molecule has 0 aliphatic rings. The lowest BCUT2D eigenvalue weighted by Crippen LogP contribution is -2.41. The maximum atomic E-state index is 12.1. The van der Waals surface area contributed by atoms with Crippen LogP contribution in [0.3, 0.4) is 0 Å². The number of ether oxygens (including phenoxy) is 1. The average Bonchev–Trinajstić information content (AvgIpc) is 2.92. The van der Waals surface area contributed by atoms with Crippen LogP contribution in [0.15, 0.2) is 42.9 Å². The molecule has 2 heterocycles. The second-order valence-electron chi connectivity index (χ2n) is 5.80. The molecule has 0 bridgehead atoms. The predicted molar refractivity (Wildman–Crippen MR) is 78.8 cm³/mol. The summed E-state index contributed by atoms with van der Waals surface area (Å²) in [5.41, 5.74) is 0.192. The van der Waals surface area contributed by atoms with Gasteiger partial charge in [0.25, 0.3) is 0 Å². The highest BCUT2D eigenvalue weighted by Gasteiger charge is 2.35. The molecule has 2 rings (SSSR count). The van der Waals surface area contributed by atoms with Crippen molar-refractivity contribution < 1.29 is 14.6 Å². The zero-order chi connectivity index (χ0) is 15.5. The van der Waals surface area contributed by atoms with Gasteiger partial charge in [-0.25, -0.2) is 4.79 Å². The van der Waals surface area contributed by atoms with E-state index >= 15 is 0 Å². The van der Waals surface area contributed by atoms with Gasteiger partial charge in [-0.2, -0.15) is 0 Å². The fraction of sp³-hybridized carbons (Fsp3) is 0.375. The minimum Gasteiger partial charge on any atom is -0.423 e. The van der Waals surface area contributed by atoms with Crippen LogP contribution in [0.5, 0.6) is 5.75 Å². The van der Waals surface area contributed by atoms with E-state index in [1.807, 2.05) is 49.9 Å². The summed E-state index contributed by atoms with van der Waals surface area (Å²) in [5, 5.41) is 10.3. The predicted octanol–water partition coefficient (Wildman–Crippen LogP) is 2.18. The molecule has 0 radical (unpaired) electrons. The van der Waals surface area contributed by atoms with Gasteiger partial charge in [0, 0.05) is 30.0 Å². The summed E-state index contributed by atoms with van der Waals surface area (Å²) in [5.74, 6) is -0.334. The molecule has 0 aliphatic heterocycles. The monoisotopic (exact) mass is 288 g/mol. The Morgan fingerprint density at radius 3 is 2.62 bits per heavy atom. The van der Waals surface area contributed by atoms with Crippen molar-refractivity contribution in [3.8, 4) is 5.75 Å². The minimum absolute atomic E-state index is 0.335. The summed E-state index contributed by atoms with van der Waals surface area (Å²) in [6.07, 6.45) is 4.04. The highest BCUT2D eigenvalue weighted by Crippen LogP contribution is 2.25. The molecule has 0 aromatic carbocycles. The van der Waals surface area contributed by atoms with E-state index in [1.54, 1.807) is 12.1 Å². The molecule has 0 spiro atoms. The van der Waals surface area contributed by atoms with Crippen LogP contribution in [0.25, 0.3) is 0 Å². The molecule has 2 aromatic heterocycles. The number of aliphatic hydroxyl groups is 1. The van der Waals surface area contributed by atoms with Crippen molar-refractivity contribution in [2.45, 2.75) is 33.4 Å². The third kappa shape index (κ3) is 3.92. The van der Waals surface area contributed by atoms with Crippen LogP contribution < -0.4 is 4.74 Å². The molecule has 1 atom stereocenters. The highest BCUT2D eigenvalue weighted by molar-refractivity contribution is 5.77. The molecule has 112 valence electrons. The summed E-state index contributed by atoms with van der Waals surface area (Å²) in [6.45, 7) is 6.02. The van der Waals surface area contributed by atoms with E-state index in [2.05, 4.69) is 4.98 Å². The Hall–Kier alpha value is -2.14. The van der Waals surface area contributed by atoms with E-state index in [9.17, 15) is 9.90 Å². The number of aliphatic hydroxyl groups excluding tert-OH is 1. The first-order valence-electron chi connectivity index (χ1n) is 6.82. The quantitative estimate of drug-likeness (QED) is 0.857. The van der Waals surface area contributed by atoms with Crippen molar-refractivity contribution in [3.05, 3.63) is 48.5 Å². The summed E-state index contributed by atoms with van der Waals surface area (Å²) in [6, 6.07) is 7.21. The lowest BCUT2D eigenvalue weighted by Gasteiger charge is -2.29. The Morgan fingerprint density at radius 1 is 1.38 bits per heavy atom. The van der Waals surface area contributed by atoms with Gasteiger partial charge in [-0.1, -0.05) is 13.8 Å². The van der Waals surface area contributed by atoms with Gasteiger partial charge in [-0.3, -0.25) is 4.98 Å². The number of esters is 1. The number of hydrogen-bond acceptors (Lipinski definition) is 4. The van der Waals surface area contributed by atoms with E-state index in [-0.39, 0.29) is 0 Å². The fourth-order valence-corrected chi connectivity index (χ4v) is 2.04. The number of pyridine rings is 1. The van der Waals surface area contributed by atoms with Crippen LogP contribution in [0, 0.1) is 12.3 Å². The summed E-state index contributed by atoms with van der Waals surface area (Å²) < 4.78 is 7.10. The van der Waals surface area contributed by atoms with Crippen molar-refractivity contribution in [3.63, 3.8) is 0 Å². The summed E-state index contributed by atoms with van der Waals surface area (Å²) in [4.78, 5) is 16.1. The van der Waals surface area contributed by atoms with Crippen LogP contribution in [0.4, 0.5) is 0 Å². The number of aromatic nitrogens is 2. The summed E-state index contributed by atoms with van der Waals surface area (Å²) in [7, 11) is 0. The molecule has 2 aromatic rings. The number of hydrogen-bond donors (Lipinski definition) is 1. The fourth-order valence-electron chi connectivity index (χ4n) is 2.04. The van der Waals surface area contributed by atoms with Crippen LogP contribution in [-0.2, 0) is 11.3 Å². The maximum absolute atomic E-state index is 12.1. The maximum Gasteiger partial charge on any atom is 0.341 e. The molecule has 21 heavy (non-hydrogen) atoms. The third-order valence-corrected chi connectivity index (χ3v) is 3.32. The van der Waals surface area contributed by atoms with Gasteiger partial charge < -0.3 is 14.4 Å². The third-order valence-electron chi connectivity index (χ3n) is 3.32. The standard InChI is InChI=1S/C16H20N2O3/c1-12-6-7-13(10-17-12)21-15(20)14(19)16(2,3)11-18-8-4-5-9-18/h4-10,14,19H,11H2,1-3H3. The second-order valence-corrected chi connectivity index (χ2v) is 5.80. The lowest BCUT2D eigenvalue weighted by molar-refractivity contribution is -0.150. The molecule has 1 N–H and O–H groups in total. The molecule has 5 heteroatoms. The van der Waals surface area contributed by atoms with Crippen molar-refractivity contribution in [1.82, 2.24) is 9.55 Å². The molecular weight excluding hydrogens is 268 g/mol. The first-order chi connectivity index (χ1) is 9.88. The first kappa shape index (κ1) is 15.3. The first-order valence-corrected chi connectivity index (χ1v) is 6.82. The molecule has 0 fully saturated rings. The van der Waals surface area contributed by atoms with Crippen molar-refractivity contribution in [2.75, 3.05) is 0 Å². The number of carbonyl (C=O) groups is 1. The van der Waals surface area contributed by atoms with Gasteiger partial charge in [0.15, 0.2) is 6.10 Å². The van der Waals surface area contributed by atoms with E-state index in [4.69, 9.17) is 4.74 Å². The van der Waals surface area contributed by atoms with Gasteiger partial charge in [-0.15, -0.1) is 0 Å². The molecule has 0 saturated carbocycles. The Kier molecular flexibility index (Phi) is 4.43. The topological polar surface area (TPSA) is 64.3 Å². The van der Waals surface area contributed by atoms with Crippen LogP contribution in [0.2, 0.25) is 0 Å². The summed E-state index contributed by atoms with van der Waals surface area (Å²) >= 11 is 0. The van der Waals surface area contributed by atoms with E-state index in [0.717, 1.165) is 5.69 Å². The Bertz CT molecular complexity index is 588. The normalized spacial score (nSPS) is 13.0. The minimum atomic E-state index is -1.22. The van der Waals surface area contributed by atoms with Gasteiger partial charge in [0.1, 0.15) is 5.75 Å². The van der Waals surface area contributed by atoms with Gasteiger partial charge >= 0.3 is 5.97 Å². The Labute approximate surface area is 124 Å². The molecule has 0 aliphatic carbocycles. The van der Waals surface area contributed by atoms with Crippen molar-refractivity contribution in [1.29, 1.82) is 0 Å². The molecule has 0 saturated heterocycles. The zero-order valence-corrected chi connectivity index (χ0v) is 12.5. The number of rotatable bonds is 5. The zero-order valence-electron chi connectivity index (χ0n) is 12.5. The number of nitrogens with zero attached hydrogens (tertiary/aromatic N) is 2. The van der Waals surface area contributed by atoms with Crippen LogP contribution >= 0.6 is 0 Å². The van der Waals surface area contributed by atoms with E-state index in [0.29, 0.717) is 12.3 Å². The van der Waals surface area contributed by atoms with Crippen LogP contribution in [0.1, 0.15) is 19.5 Å². The lowest BCUT2D eigenvalue weighted by atomic mass is 9.86. The van der Waals surface area contributed by atoms with E-state index in [1.165, 1.54) is 6.20 Å². The number of carbonyl (C=O) groups excluding carboxylic acids is 1. The van der Waals surface area contributed by atoms with Crippen molar-refractivity contribution >= 4 is 5.97 Å². The smallest absolute Gasteiger partial charge is 0.341 e. The van der Waals surface area contributed by atoms with Gasteiger partial charge in [0.2, 0.25) is 0 Å². The molecular formula is C16H20N2O3. The van der Waals surface area contributed by atoms with Gasteiger partial charge in [0.05, 0.1) is 6.20 Å². The van der Waals surface area contributed by atoms with Crippen molar-refractivity contribution in [2.24, 2.45) is 5.41 Å². The Morgan fingerprint density at radius 2 is 2.05 bits per heavy atom. The molecule has 0 amide bonds.